The molecule has 6 nitrogen and oxygen atoms in total. The number of carbonyl (C=O) groups is 3. The molecule has 0 aliphatic carbocycles. The highest BCUT2D eigenvalue weighted by molar-refractivity contribution is 7.08. The Morgan fingerprint density at radius 3 is 2.54 bits per heavy atom. The summed E-state index contributed by atoms with van der Waals surface area (Å²) in [6.07, 6.45) is 0.142. The molecule has 1 aromatic carbocycles. The van der Waals surface area contributed by atoms with Gasteiger partial charge in [-0.1, -0.05) is 18.2 Å². The summed E-state index contributed by atoms with van der Waals surface area (Å²) in [4.78, 5) is 36.7. The zero-order valence-corrected chi connectivity index (χ0v) is 16.4. The third kappa shape index (κ3) is 4.55. The Labute approximate surface area is 166 Å². The molecule has 1 N–H and O–H groups in total. The number of nitrogens with one attached hydrogen (secondary N) is 1. The molecule has 3 aromatic rings. The summed E-state index contributed by atoms with van der Waals surface area (Å²) in [5, 5.41) is 3.75. The van der Waals surface area contributed by atoms with E-state index in [0.29, 0.717) is 22.5 Å². The van der Waals surface area contributed by atoms with Gasteiger partial charge < -0.3 is 4.74 Å². The lowest BCUT2D eigenvalue weighted by Crippen LogP contribution is -2.25. The largest absolute Gasteiger partial charge is 0.457 e. The predicted octanol–water partition coefficient (Wildman–Crippen LogP) is 3.52. The molecule has 0 unspecified atom stereocenters. The van der Waals surface area contributed by atoms with Crippen molar-refractivity contribution < 1.29 is 19.1 Å². The van der Waals surface area contributed by atoms with Crippen LogP contribution in [0.25, 0.3) is 0 Å². The van der Waals surface area contributed by atoms with Gasteiger partial charge in [0.15, 0.2) is 6.61 Å². The normalized spacial score (nSPS) is 10.5. The molecular weight excluding hydrogens is 376 g/mol. The molecule has 0 aliphatic heterocycles. The number of esters is 1. The van der Waals surface area contributed by atoms with E-state index in [1.54, 1.807) is 48.9 Å². The molecule has 2 aromatic heterocycles. The number of rotatable bonds is 7. The first-order valence-electron chi connectivity index (χ1n) is 8.71. The number of hydrogen-bond acceptors (Lipinski definition) is 5. The minimum Gasteiger partial charge on any atom is -0.457 e. The van der Waals surface area contributed by atoms with Gasteiger partial charge in [0.05, 0.1) is 6.42 Å². The Balaban J connectivity index is 1.64. The van der Waals surface area contributed by atoms with E-state index in [1.165, 1.54) is 11.3 Å². The molecule has 7 heteroatoms. The van der Waals surface area contributed by atoms with Gasteiger partial charge in [-0.15, -0.1) is 0 Å². The van der Waals surface area contributed by atoms with Gasteiger partial charge in [0, 0.05) is 22.5 Å². The molecule has 0 spiro atoms. The van der Waals surface area contributed by atoms with Crippen molar-refractivity contribution in [2.24, 2.45) is 0 Å². The summed E-state index contributed by atoms with van der Waals surface area (Å²) in [6, 6.07) is 12.3. The Hall–Kier alpha value is -3.19. The first kappa shape index (κ1) is 19.6. The van der Waals surface area contributed by atoms with E-state index in [0.717, 1.165) is 5.56 Å². The number of nitrogens with zero attached hydrogens (tertiary/aromatic N) is 1. The topological polar surface area (TPSA) is 77.4 Å². The second-order valence-electron chi connectivity index (χ2n) is 6.32. The number of benzene rings is 1. The van der Waals surface area contributed by atoms with Crippen molar-refractivity contribution in [1.29, 1.82) is 0 Å². The first-order valence-corrected chi connectivity index (χ1v) is 9.65. The SMILES string of the molecule is Cc1cc(C(=O)COC(=O)Cc2ccsc2)c(C)n1NC(=O)c1ccccc1. The smallest absolute Gasteiger partial charge is 0.310 e. The predicted molar refractivity (Wildman–Crippen MR) is 107 cm³/mol. The summed E-state index contributed by atoms with van der Waals surface area (Å²) >= 11 is 1.50. The van der Waals surface area contributed by atoms with Crippen LogP contribution in [0.3, 0.4) is 0 Å². The zero-order valence-electron chi connectivity index (χ0n) is 15.6. The molecule has 1 amide bonds. The summed E-state index contributed by atoms with van der Waals surface area (Å²) in [6.45, 7) is 3.19. The van der Waals surface area contributed by atoms with Crippen LogP contribution in [-0.2, 0) is 16.0 Å². The van der Waals surface area contributed by atoms with Crippen LogP contribution in [0.2, 0.25) is 0 Å². The van der Waals surface area contributed by atoms with Gasteiger partial charge >= 0.3 is 5.97 Å². The number of thiophene rings is 1. The van der Waals surface area contributed by atoms with Gasteiger partial charge in [-0.25, -0.2) is 0 Å². The highest BCUT2D eigenvalue weighted by atomic mass is 32.1. The van der Waals surface area contributed by atoms with Gasteiger partial charge in [0.2, 0.25) is 5.78 Å². The van der Waals surface area contributed by atoms with Crippen LogP contribution in [0, 0.1) is 13.8 Å². The third-order valence-corrected chi connectivity index (χ3v) is 5.01. The van der Waals surface area contributed by atoms with E-state index >= 15 is 0 Å². The molecule has 144 valence electrons. The molecule has 3 rings (SSSR count). The van der Waals surface area contributed by atoms with Crippen molar-refractivity contribution in [1.82, 2.24) is 4.68 Å². The summed E-state index contributed by atoms with van der Waals surface area (Å²) in [7, 11) is 0. The van der Waals surface area contributed by atoms with E-state index in [-0.39, 0.29) is 24.7 Å². The number of Topliss-reactive ketones (excluding diaryl/α,β-unsaturated/α-hetero) is 1. The Kier molecular flexibility index (Phi) is 6.06. The number of carbonyl (C=O) groups excluding carboxylic acids is 3. The fourth-order valence-corrected chi connectivity index (χ4v) is 3.48. The lowest BCUT2D eigenvalue weighted by atomic mass is 10.1. The quantitative estimate of drug-likeness (QED) is 0.490. The van der Waals surface area contributed by atoms with Gasteiger partial charge in [-0.2, -0.15) is 11.3 Å². The van der Waals surface area contributed by atoms with Gasteiger partial charge in [-0.05, 0) is 54.4 Å². The van der Waals surface area contributed by atoms with Crippen molar-refractivity contribution in [3.05, 3.63) is 81.3 Å². The highest BCUT2D eigenvalue weighted by Gasteiger charge is 2.19. The molecule has 0 aliphatic rings. The minimum atomic E-state index is -0.446. The average molecular weight is 396 g/mol. The summed E-state index contributed by atoms with van der Waals surface area (Å²) in [5.74, 6) is -1.03. The first-order chi connectivity index (χ1) is 13.5. The Morgan fingerprint density at radius 2 is 1.86 bits per heavy atom. The van der Waals surface area contributed by atoms with E-state index < -0.39 is 5.97 Å². The molecule has 0 bridgehead atoms. The van der Waals surface area contributed by atoms with Crippen LogP contribution in [-0.4, -0.2) is 28.9 Å². The number of hydrogen-bond donors (Lipinski definition) is 1. The standard InChI is InChI=1S/C21H20N2O4S/c1-14-10-18(19(24)12-27-20(25)11-16-8-9-28-13-16)15(2)23(14)22-21(26)17-6-4-3-5-7-17/h3-10,13H,11-12H2,1-2H3,(H,22,26). The lowest BCUT2D eigenvalue weighted by molar-refractivity contribution is -0.141. The third-order valence-electron chi connectivity index (χ3n) is 4.27. The van der Waals surface area contributed by atoms with Crippen molar-refractivity contribution in [2.45, 2.75) is 20.3 Å². The number of aromatic nitrogens is 1. The van der Waals surface area contributed by atoms with Crippen molar-refractivity contribution in [2.75, 3.05) is 12.0 Å². The molecule has 0 fully saturated rings. The lowest BCUT2D eigenvalue weighted by Gasteiger charge is -2.11. The van der Waals surface area contributed by atoms with Crippen LogP contribution in [0.1, 0.15) is 37.7 Å². The van der Waals surface area contributed by atoms with Crippen molar-refractivity contribution in [3.63, 3.8) is 0 Å². The number of aryl methyl sites for hydroxylation is 1. The molecule has 0 saturated carbocycles. The zero-order chi connectivity index (χ0) is 20.1. The molecule has 0 saturated heterocycles. The van der Waals surface area contributed by atoms with Gasteiger partial charge in [0.1, 0.15) is 0 Å². The molecule has 0 atom stereocenters. The van der Waals surface area contributed by atoms with Crippen LogP contribution in [0.15, 0.2) is 53.2 Å². The Bertz CT molecular complexity index is 991. The number of amides is 1. The molecule has 0 radical (unpaired) electrons. The monoisotopic (exact) mass is 396 g/mol. The van der Waals surface area contributed by atoms with Crippen molar-refractivity contribution in [3.8, 4) is 0 Å². The highest BCUT2D eigenvalue weighted by Crippen LogP contribution is 2.15. The fourth-order valence-electron chi connectivity index (χ4n) is 2.81. The Morgan fingerprint density at radius 1 is 1.11 bits per heavy atom. The van der Waals surface area contributed by atoms with Crippen LogP contribution in [0.4, 0.5) is 0 Å². The second kappa shape index (κ2) is 8.67. The number of ether oxygens (including phenoxy) is 1. The minimum absolute atomic E-state index is 0.142. The van der Waals surface area contributed by atoms with E-state index in [9.17, 15) is 14.4 Å². The van der Waals surface area contributed by atoms with Crippen LogP contribution < -0.4 is 5.43 Å². The van der Waals surface area contributed by atoms with Gasteiger partial charge in [0.25, 0.3) is 5.91 Å². The van der Waals surface area contributed by atoms with Crippen molar-refractivity contribution >= 4 is 29.0 Å². The summed E-state index contributed by atoms with van der Waals surface area (Å²) < 4.78 is 6.67. The molecule has 28 heavy (non-hydrogen) atoms. The van der Waals surface area contributed by atoms with Crippen LogP contribution in [0.5, 0.6) is 0 Å². The summed E-state index contributed by atoms with van der Waals surface area (Å²) in [5.41, 5.74) is 5.87. The second-order valence-corrected chi connectivity index (χ2v) is 7.10. The maximum Gasteiger partial charge on any atom is 0.310 e. The van der Waals surface area contributed by atoms with E-state index in [2.05, 4.69) is 5.43 Å². The van der Waals surface area contributed by atoms with E-state index in [4.69, 9.17) is 4.74 Å². The van der Waals surface area contributed by atoms with Gasteiger partial charge in [-0.3, -0.25) is 24.5 Å². The van der Waals surface area contributed by atoms with Crippen LogP contribution >= 0.6 is 11.3 Å². The average Bonchev–Trinajstić information content (AvgIpc) is 3.30. The maximum absolute atomic E-state index is 12.5. The van der Waals surface area contributed by atoms with E-state index in [1.807, 2.05) is 22.9 Å². The molecule has 2 heterocycles. The number of ketones is 1. The maximum atomic E-state index is 12.5. The fraction of sp³-hybridized carbons (Fsp3) is 0.190. The molecular formula is C21H20N2O4S.